The highest BCUT2D eigenvalue weighted by molar-refractivity contribution is 6.07. The molecule has 7 aromatic rings. The summed E-state index contributed by atoms with van der Waals surface area (Å²) in [6.07, 6.45) is 3.82. The first kappa shape index (κ1) is 23.8. The Kier molecular flexibility index (Phi) is 5.22. The largest absolute Gasteiger partial charge is 0.253 e. The lowest BCUT2D eigenvalue weighted by molar-refractivity contribution is 1.37. The Morgan fingerprint density at radius 3 is 1.88 bits per heavy atom. The van der Waals surface area contributed by atoms with E-state index in [4.69, 9.17) is 9.97 Å². The Balaban J connectivity index is 1.23. The molecule has 0 amide bonds. The van der Waals surface area contributed by atoms with Crippen LogP contribution < -0.4 is 0 Å². The van der Waals surface area contributed by atoms with Gasteiger partial charge in [-0.05, 0) is 62.4 Å². The van der Waals surface area contributed by atoms with Crippen LogP contribution in [0.25, 0.3) is 71.5 Å². The van der Waals surface area contributed by atoms with E-state index in [-0.39, 0.29) is 5.57 Å². The average Bonchev–Trinajstić information content (AvgIpc) is 3.38. The Labute approximate surface area is 242 Å². The Morgan fingerprint density at radius 1 is 0.476 bits per heavy atom. The summed E-state index contributed by atoms with van der Waals surface area (Å²) < 4.78 is 0. The van der Waals surface area contributed by atoms with Gasteiger partial charge in [0, 0.05) is 39.9 Å². The molecule has 4 nitrogen and oxygen atoms in total. The minimum atomic E-state index is 0.121. The van der Waals surface area contributed by atoms with E-state index in [2.05, 4.69) is 97.1 Å². The van der Waals surface area contributed by atoms with Crippen LogP contribution in [0.4, 0.5) is 0 Å². The summed E-state index contributed by atoms with van der Waals surface area (Å²) in [6, 6.07) is 41.6. The maximum atomic E-state index is 9.71. The van der Waals surface area contributed by atoms with Gasteiger partial charge in [0.25, 0.3) is 0 Å². The lowest BCUT2D eigenvalue weighted by Gasteiger charge is -2.10. The second-order valence-corrected chi connectivity index (χ2v) is 10.5. The second-order valence-electron chi connectivity index (χ2n) is 10.5. The van der Waals surface area contributed by atoms with Crippen LogP contribution in [0, 0.1) is 22.7 Å². The molecule has 0 spiro atoms. The van der Waals surface area contributed by atoms with Crippen molar-refractivity contribution in [2.45, 2.75) is 0 Å². The molecule has 0 aliphatic heterocycles. The minimum absolute atomic E-state index is 0.121. The molecule has 0 N–H and O–H groups in total. The number of nitriles is 2. The van der Waals surface area contributed by atoms with Crippen molar-refractivity contribution in [1.82, 2.24) is 9.97 Å². The quantitative estimate of drug-likeness (QED) is 0.164. The normalized spacial score (nSPS) is 11.7. The van der Waals surface area contributed by atoms with Crippen molar-refractivity contribution >= 4 is 38.2 Å². The summed E-state index contributed by atoms with van der Waals surface area (Å²) in [5, 5.41) is 23.9. The standard InChI is InChI=1S/C38H20N4/c39-19-29(20-40)36-34-10-4-3-9-32(34)33-15-14-24(18-35(33)36)27-16-25-12-13-26-17-28(22-42-38(26)37(25)41-21-27)31-11-5-7-23-6-1-2-8-30(23)31/h1-18,21-22H. The number of nitrogens with zero attached hydrogens (tertiary/aromatic N) is 4. The molecule has 0 fully saturated rings. The zero-order valence-electron chi connectivity index (χ0n) is 22.3. The highest BCUT2D eigenvalue weighted by Gasteiger charge is 2.26. The molecule has 192 valence electrons. The Hall–Kier alpha value is -6.10. The van der Waals surface area contributed by atoms with Gasteiger partial charge >= 0.3 is 0 Å². The number of rotatable bonds is 2. The molecular weight excluding hydrogens is 512 g/mol. The van der Waals surface area contributed by atoms with Crippen molar-refractivity contribution in [3.05, 3.63) is 138 Å². The third kappa shape index (κ3) is 3.53. The SMILES string of the molecule is N#CC(C#N)=C1c2ccccc2-c2ccc(-c3cnc4c(ccc5cc(-c6cccc7ccccc67)cnc54)c3)cc21. The maximum absolute atomic E-state index is 9.71. The Morgan fingerprint density at radius 2 is 1.10 bits per heavy atom. The molecule has 2 heterocycles. The van der Waals surface area contributed by atoms with E-state index in [1.165, 1.54) is 10.8 Å². The van der Waals surface area contributed by atoms with Gasteiger partial charge in [-0.2, -0.15) is 10.5 Å². The van der Waals surface area contributed by atoms with Crippen LogP contribution in [0.5, 0.6) is 0 Å². The van der Waals surface area contributed by atoms with Crippen molar-refractivity contribution in [1.29, 1.82) is 10.5 Å². The van der Waals surface area contributed by atoms with Crippen molar-refractivity contribution in [3.8, 4) is 45.5 Å². The summed E-state index contributed by atoms with van der Waals surface area (Å²) in [7, 11) is 0. The molecule has 2 aromatic heterocycles. The van der Waals surface area contributed by atoms with Gasteiger partial charge in [-0.25, -0.2) is 0 Å². The number of hydrogen-bond acceptors (Lipinski definition) is 4. The van der Waals surface area contributed by atoms with Crippen LogP contribution in [0.3, 0.4) is 0 Å². The summed E-state index contributed by atoms with van der Waals surface area (Å²) in [5.41, 5.74) is 10.6. The van der Waals surface area contributed by atoms with Crippen molar-refractivity contribution in [2.24, 2.45) is 0 Å². The molecule has 1 aliphatic carbocycles. The maximum Gasteiger partial charge on any atom is 0.138 e. The van der Waals surface area contributed by atoms with E-state index in [9.17, 15) is 10.5 Å². The van der Waals surface area contributed by atoms with Crippen LogP contribution in [-0.2, 0) is 0 Å². The molecule has 5 aromatic carbocycles. The highest BCUT2D eigenvalue weighted by Crippen LogP contribution is 2.47. The fourth-order valence-corrected chi connectivity index (χ4v) is 6.23. The molecule has 0 radical (unpaired) electrons. The predicted molar refractivity (Wildman–Crippen MR) is 168 cm³/mol. The number of benzene rings is 5. The fraction of sp³-hybridized carbons (Fsp3) is 0. The van der Waals surface area contributed by atoms with E-state index < -0.39 is 0 Å². The van der Waals surface area contributed by atoms with Gasteiger partial charge in [0.2, 0.25) is 0 Å². The van der Waals surface area contributed by atoms with Gasteiger partial charge < -0.3 is 0 Å². The first-order valence-corrected chi connectivity index (χ1v) is 13.7. The summed E-state index contributed by atoms with van der Waals surface area (Å²) in [5.74, 6) is 0. The van der Waals surface area contributed by atoms with E-state index in [0.717, 1.165) is 66.3 Å². The zero-order chi connectivity index (χ0) is 28.2. The van der Waals surface area contributed by atoms with E-state index in [1.54, 1.807) is 0 Å². The number of aromatic nitrogens is 2. The molecule has 8 rings (SSSR count). The van der Waals surface area contributed by atoms with Crippen LogP contribution in [-0.4, -0.2) is 9.97 Å². The molecule has 0 unspecified atom stereocenters. The van der Waals surface area contributed by atoms with Gasteiger partial charge in [0.15, 0.2) is 0 Å². The number of allylic oxidation sites excluding steroid dienone is 1. The third-order valence-corrected chi connectivity index (χ3v) is 8.18. The van der Waals surface area contributed by atoms with Crippen LogP contribution >= 0.6 is 0 Å². The number of hydrogen-bond donors (Lipinski definition) is 0. The average molecular weight is 533 g/mol. The molecule has 1 aliphatic rings. The highest BCUT2D eigenvalue weighted by atomic mass is 14.7. The second kappa shape index (κ2) is 9.24. The molecule has 0 saturated carbocycles. The topological polar surface area (TPSA) is 73.4 Å². The van der Waals surface area contributed by atoms with Crippen molar-refractivity contribution in [3.63, 3.8) is 0 Å². The summed E-state index contributed by atoms with van der Waals surface area (Å²) in [6.45, 7) is 0. The monoisotopic (exact) mass is 532 g/mol. The van der Waals surface area contributed by atoms with Crippen LogP contribution in [0.2, 0.25) is 0 Å². The molecular formula is C38H20N4. The summed E-state index contributed by atoms with van der Waals surface area (Å²) in [4.78, 5) is 9.76. The van der Waals surface area contributed by atoms with Gasteiger partial charge in [0.1, 0.15) is 17.7 Å². The zero-order valence-corrected chi connectivity index (χ0v) is 22.3. The van der Waals surface area contributed by atoms with Gasteiger partial charge in [-0.3, -0.25) is 9.97 Å². The Bertz CT molecular complexity index is 2360. The predicted octanol–water partition coefficient (Wildman–Crippen LogP) is 9.10. The van der Waals surface area contributed by atoms with E-state index >= 15 is 0 Å². The minimum Gasteiger partial charge on any atom is -0.253 e. The third-order valence-electron chi connectivity index (χ3n) is 8.18. The lowest BCUT2D eigenvalue weighted by atomic mass is 9.95. The first-order chi connectivity index (χ1) is 20.7. The van der Waals surface area contributed by atoms with Gasteiger partial charge in [-0.15, -0.1) is 0 Å². The molecule has 4 heteroatoms. The van der Waals surface area contributed by atoms with E-state index in [1.807, 2.05) is 36.7 Å². The van der Waals surface area contributed by atoms with Gasteiger partial charge in [0.05, 0.1) is 11.0 Å². The lowest BCUT2D eigenvalue weighted by Crippen LogP contribution is -1.90. The van der Waals surface area contributed by atoms with Crippen LogP contribution in [0.15, 0.2) is 127 Å². The molecule has 42 heavy (non-hydrogen) atoms. The van der Waals surface area contributed by atoms with Gasteiger partial charge in [-0.1, -0.05) is 91.0 Å². The van der Waals surface area contributed by atoms with Crippen LogP contribution in [0.1, 0.15) is 11.1 Å². The number of pyridine rings is 2. The number of fused-ring (bicyclic) bond motifs is 7. The van der Waals surface area contributed by atoms with Crippen molar-refractivity contribution < 1.29 is 0 Å². The van der Waals surface area contributed by atoms with E-state index in [0.29, 0.717) is 5.57 Å². The molecule has 0 saturated heterocycles. The molecule has 0 atom stereocenters. The van der Waals surface area contributed by atoms with Crippen molar-refractivity contribution in [2.75, 3.05) is 0 Å². The molecule has 0 bridgehead atoms. The first-order valence-electron chi connectivity index (χ1n) is 13.7. The fourth-order valence-electron chi connectivity index (χ4n) is 6.23. The smallest absolute Gasteiger partial charge is 0.138 e. The summed E-state index contributed by atoms with van der Waals surface area (Å²) >= 11 is 0.